The number of alkyl halides is 6. The Morgan fingerprint density at radius 2 is 0.867 bits per heavy atom. The number of hydrogen-bond donors (Lipinski definition) is 0. The zero-order valence-corrected chi connectivity index (χ0v) is 23.4. The van der Waals surface area contributed by atoms with Gasteiger partial charge in [0, 0.05) is 0 Å². The van der Waals surface area contributed by atoms with Crippen molar-refractivity contribution in [1.29, 1.82) is 0 Å². The van der Waals surface area contributed by atoms with Crippen LogP contribution >= 0.6 is 0 Å². The standard InChI is InChI=1S/C7H5F6Ge.3C4H10N.Zr/c8-6(9,10)14(7(11,12)13)5-3-1-2-4-5;3*1-4(2)3-5;/h1-4,14H;3*4-5H,3H2,1-2H3;/q4*-1;+4. The van der Waals surface area contributed by atoms with Crippen LogP contribution in [0.1, 0.15) is 41.5 Å². The van der Waals surface area contributed by atoms with Crippen LogP contribution in [-0.2, 0) is 26.2 Å². The van der Waals surface area contributed by atoms with Crippen LogP contribution in [-0.4, -0.2) is 44.0 Å². The maximum Gasteiger partial charge on any atom is 4.00 e. The molecule has 0 aromatic heterocycles. The summed E-state index contributed by atoms with van der Waals surface area (Å²) < 4.78 is 72.3. The van der Waals surface area contributed by atoms with Crippen LogP contribution in [0.5, 0.6) is 0 Å². The molecule has 1 aromatic rings. The van der Waals surface area contributed by atoms with Gasteiger partial charge in [-0.2, -0.15) is 0 Å². The molecule has 0 saturated heterocycles. The Hall–Kier alpha value is 0.236. The quantitative estimate of drug-likeness (QED) is 0.206. The minimum Gasteiger partial charge on any atom is 4.00 e. The summed E-state index contributed by atoms with van der Waals surface area (Å²) in [6.07, 6.45) is 0. The molecule has 0 saturated carbocycles. The third-order valence-electron chi connectivity index (χ3n) is 2.90. The van der Waals surface area contributed by atoms with Gasteiger partial charge >= 0.3 is 106 Å². The van der Waals surface area contributed by atoms with Gasteiger partial charge in [0.25, 0.3) is 0 Å². The van der Waals surface area contributed by atoms with Gasteiger partial charge in [-0.15, -0.1) is 19.6 Å². The summed E-state index contributed by atoms with van der Waals surface area (Å²) in [5, 5.41) is -10.2. The Morgan fingerprint density at radius 3 is 1.00 bits per heavy atom. The average molecular weight is 583 g/mol. The third kappa shape index (κ3) is 24.5. The molecule has 0 aliphatic rings. The summed E-state index contributed by atoms with van der Waals surface area (Å²) in [5.74, 6) is 1.65. The van der Waals surface area contributed by atoms with Crippen LogP contribution in [0.4, 0.5) is 26.3 Å². The van der Waals surface area contributed by atoms with Crippen LogP contribution in [0.15, 0.2) is 24.3 Å². The Balaban J connectivity index is -0.000000176. The zero-order valence-electron chi connectivity index (χ0n) is 18.5. The molecule has 3 N–H and O–H groups in total. The van der Waals surface area contributed by atoms with Crippen LogP contribution < -0.4 is 4.40 Å². The monoisotopic (exact) mass is 583 g/mol. The molecule has 30 heavy (non-hydrogen) atoms. The Morgan fingerprint density at radius 1 is 0.667 bits per heavy atom. The maximum atomic E-state index is 12.1. The van der Waals surface area contributed by atoms with Crippen LogP contribution in [0.25, 0.3) is 17.2 Å². The van der Waals surface area contributed by atoms with Crippen LogP contribution in [0, 0.1) is 17.8 Å². The molecule has 0 bridgehead atoms. The molecule has 0 atom stereocenters. The van der Waals surface area contributed by atoms with E-state index in [1.807, 2.05) is 41.5 Å². The molecule has 0 amide bonds. The second kappa shape index (κ2) is 19.9. The predicted octanol–water partition coefficient (Wildman–Crippen LogP) is 7.12. The van der Waals surface area contributed by atoms with Crippen molar-refractivity contribution >= 4 is 18.7 Å². The Labute approximate surface area is 201 Å². The fraction of sp³-hybridized carbons (Fsp3) is 0.737. The van der Waals surface area contributed by atoms with Crippen molar-refractivity contribution in [2.45, 2.75) is 51.6 Å². The molecule has 176 valence electrons. The van der Waals surface area contributed by atoms with Gasteiger partial charge in [-0.3, -0.25) is 0 Å². The molecular formula is C19H35F6GeN3Zr. The first-order valence-corrected chi connectivity index (χ1v) is 13.0. The van der Waals surface area contributed by atoms with Crippen LogP contribution in [0.2, 0.25) is 0 Å². The van der Waals surface area contributed by atoms with Gasteiger partial charge in [0.2, 0.25) is 0 Å². The number of rotatable bonds is 4. The zero-order chi connectivity index (χ0) is 23.8. The SMILES string of the molecule is CC(C)C[NH-].CC(C)C[NH-].CC(C)C[NH-].F[C](F)(F)[GeH]([c-]1cccc1)[C](F)(F)F.[Zr+4]. The minimum absolute atomic E-state index is 0. The molecule has 0 aliphatic heterocycles. The first-order valence-electron chi connectivity index (χ1n) is 9.33. The second-order valence-corrected chi connectivity index (χ2v) is 13.5. The van der Waals surface area contributed by atoms with E-state index < -0.39 is 28.8 Å². The van der Waals surface area contributed by atoms with E-state index in [1.165, 1.54) is 12.1 Å². The maximum absolute atomic E-state index is 12.1. The normalized spacial score (nSPS) is 11.2. The Kier molecular flexibility index (Phi) is 24.9. The molecule has 0 fully saturated rings. The van der Waals surface area contributed by atoms with E-state index in [4.69, 9.17) is 17.2 Å². The molecule has 0 radical (unpaired) electrons. The van der Waals surface area contributed by atoms with E-state index >= 15 is 0 Å². The van der Waals surface area contributed by atoms with Crippen molar-refractivity contribution in [3.05, 3.63) is 41.5 Å². The predicted molar refractivity (Wildman–Crippen MR) is 113 cm³/mol. The van der Waals surface area contributed by atoms with Crippen molar-refractivity contribution in [3.8, 4) is 0 Å². The first kappa shape index (κ1) is 37.5. The summed E-state index contributed by atoms with van der Waals surface area (Å²) in [6.45, 7) is 13.9. The molecule has 0 aliphatic carbocycles. The van der Waals surface area contributed by atoms with Gasteiger partial charge in [-0.1, -0.05) is 59.3 Å². The van der Waals surface area contributed by atoms with Crippen molar-refractivity contribution in [3.63, 3.8) is 0 Å². The van der Waals surface area contributed by atoms with Gasteiger partial charge in [0.05, 0.1) is 0 Å². The smallest absolute Gasteiger partial charge is 4.00 e. The Bertz CT molecular complexity index is 431. The molecule has 11 heteroatoms. The number of hydrogen-bond acceptors (Lipinski definition) is 0. The topological polar surface area (TPSA) is 71.4 Å². The number of halogens is 6. The van der Waals surface area contributed by atoms with E-state index in [-0.39, 0.29) is 26.2 Å². The van der Waals surface area contributed by atoms with Gasteiger partial charge < -0.3 is 17.2 Å². The van der Waals surface area contributed by atoms with E-state index in [2.05, 4.69) is 0 Å². The van der Waals surface area contributed by atoms with E-state index in [1.54, 1.807) is 0 Å². The van der Waals surface area contributed by atoms with Gasteiger partial charge in [-0.25, -0.2) is 0 Å². The molecule has 3 nitrogen and oxygen atoms in total. The summed E-state index contributed by atoms with van der Waals surface area (Å²) in [4.78, 5) is 0. The first-order chi connectivity index (χ1) is 13.0. The summed E-state index contributed by atoms with van der Waals surface area (Å²) in [5.41, 5.74) is 20.0. The molecule has 1 aromatic carbocycles. The molecular weight excluding hydrogens is 548 g/mol. The fourth-order valence-electron chi connectivity index (χ4n) is 1.14. The summed E-state index contributed by atoms with van der Waals surface area (Å²) in [6, 6.07) is 4.16. The van der Waals surface area contributed by atoms with Gasteiger partial charge in [0.1, 0.15) is 0 Å². The second-order valence-electron chi connectivity index (χ2n) is 7.53. The third-order valence-corrected chi connectivity index (χ3v) is 7.85. The minimum atomic E-state index is -5.46. The van der Waals surface area contributed by atoms with Crippen molar-refractivity contribution in [2.24, 2.45) is 17.8 Å². The number of nitrogens with one attached hydrogen (secondary N) is 3. The molecule has 1 rings (SSSR count). The van der Waals surface area contributed by atoms with Crippen LogP contribution in [0.3, 0.4) is 0 Å². The van der Waals surface area contributed by atoms with E-state index in [9.17, 15) is 26.3 Å². The van der Waals surface area contributed by atoms with Gasteiger partial charge in [0.15, 0.2) is 0 Å². The van der Waals surface area contributed by atoms with Crippen molar-refractivity contribution in [2.75, 3.05) is 19.6 Å². The molecule has 0 unspecified atom stereocenters. The summed E-state index contributed by atoms with van der Waals surface area (Å²) >= 11 is -5.46. The fourth-order valence-corrected chi connectivity index (χ4v) is 4.78. The molecule has 0 spiro atoms. The van der Waals surface area contributed by atoms with Crippen molar-refractivity contribution < 1.29 is 52.5 Å². The molecule has 0 heterocycles. The average Bonchev–Trinajstić information content (AvgIpc) is 3.07. The summed E-state index contributed by atoms with van der Waals surface area (Å²) in [7, 11) is 0. The van der Waals surface area contributed by atoms with E-state index in [0.717, 1.165) is 12.1 Å². The van der Waals surface area contributed by atoms with E-state index in [0.29, 0.717) is 37.4 Å². The van der Waals surface area contributed by atoms with Crippen molar-refractivity contribution in [1.82, 2.24) is 0 Å². The van der Waals surface area contributed by atoms with Gasteiger partial charge in [-0.05, 0) is 0 Å². The largest absolute Gasteiger partial charge is 4.00 e.